The molecule has 1 heterocycles. The summed E-state index contributed by atoms with van der Waals surface area (Å²) in [5.74, 6) is -0.239. The average molecular weight is 256 g/mol. The molecule has 1 rings (SSSR count). The van der Waals surface area contributed by atoms with Crippen LogP contribution in [0.2, 0.25) is 0 Å². The van der Waals surface area contributed by atoms with E-state index in [9.17, 15) is 9.59 Å². The molecule has 1 aliphatic rings. The number of carboxylic acids is 1. The maximum absolute atomic E-state index is 12.0. The van der Waals surface area contributed by atoms with E-state index in [0.717, 1.165) is 6.42 Å². The van der Waals surface area contributed by atoms with Gasteiger partial charge in [0.05, 0.1) is 0 Å². The number of carbonyl (C=O) groups is 2. The van der Waals surface area contributed by atoms with Crippen LogP contribution < -0.4 is 5.32 Å². The second-order valence-corrected chi connectivity index (χ2v) is 5.81. The minimum atomic E-state index is -0.961. The number of amides is 2. The number of aliphatic carboxylic acids is 1. The fourth-order valence-electron chi connectivity index (χ4n) is 2.51. The minimum absolute atomic E-state index is 0.188. The second kappa shape index (κ2) is 6.07. The van der Waals surface area contributed by atoms with Crippen molar-refractivity contribution in [3.05, 3.63) is 0 Å². The van der Waals surface area contributed by atoms with Crippen LogP contribution in [0.4, 0.5) is 4.79 Å². The third kappa shape index (κ3) is 3.89. The van der Waals surface area contributed by atoms with Crippen LogP contribution in [-0.2, 0) is 4.79 Å². The molecule has 18 heavy (non-hydrogen) atoms. The van der Waals surface area contributed by atoms with E-state index >= 15 is 0 Å². The second-order valence-electron chi connectivity index (χ2n) is 5.81. The first-order valence-electron chi connectivity index (χ1n) is 6.61. The molecule has 0 aromatic heterocycles. The highest BCUT2D eigenvalue weighted by molar-refractivity contribution is 5.82. The Morgan fingerprint density at radius 1 is 1.39 bits per heavy atom. The van der Waals surface area contributed by atoms with E-state index < -0.39 is 12.0 Å². The molecule has 0 aliphatic carbocycles. The van der Waals surface area contributed by atoms with Gasteiger partial charge in [-0.1, -0.05) is 20.8 Å². The quantitative estimate of drug-likeness (QED) is 0.807. The SMILES string of the molecule is CC(C)CC(NC(=O)N1CC(C)CC1C)C(=O)O. The minimum Gasteiger partial charge on any atom is -0.480 e. The molecule has 0 aromatic carbocycles. The van der Waals surface area contributed by atoms with Gasteiger partial charge in [-0.05, 0) is 31.6 Å². The molecule has 5 nitrogen and oxygen atoms in total. The van der Waals surface area contributed by atoms with Crippen LogP contribution in [0.5, 0.6) is 0 Å². The summed E-state index contributed by atoms with van der Waals surface area (Å²) in [6.45, 7) is 8.71. The summed E-state index contributed by atoms with van der Waals surface area (Å²) >= 11 is 0. The highest BCUT2D eigenvalue weighted by atomic mass is 16.4. The lowest BCUT2D eigenvalue weighted by Gasteiger charge is -2.25. The Labute approximate surface area is 109 Å². The van der Waals surface area contributed by atoms with Crippen molar-refractivity contribution in [1.82, 2.24) is 10.2 Å². The summed E-state index contributed by atoms with van der Waals surface area (Å²) in [4.78, 5) is 24.9. The maximum atomic E-state index is 12.0. The molecular weight excluding hydrogens is 232 g/mol. The Morgan fingerprint density at radius 2 is 2.00 bits per heavy atom. The third-order valence-corrected chi connectivity index (χ3v) is 3.35. The van der Waals surface area contributed by atoms with E-state index in [2.05, 4.69) is 12.2 Å². The van der Waals surface area contributed by atoms with E-state index in [1.54, 1.807) is 4.90 Å². The summed E-state index contributed by atoms with van der Waals surface area (Å²) in [5.41, 5.74) is 0. The van der Waals surface area contributed by atoms with Crippen molar-refractivity contribution in [1.29, 1.82) is 0 Å². The molecule has 0 saturated carbocycles. The number of nitrogens with one attached hydrogen (secondary N) is 1. The fourth-order valence-corrected chi connectivity index (χ4v) is 2.51. The lowest BCUT2D eigenvalue weighted by Crippen LogP contribution is -2.49. The first-order valence-corrected chi connectivity index (χ1v) is 6.61. The Hall–Kier alpha value is -1.26. The molecule has 0 aromatic rings. The van der Waals surface area contributed by atoms with Crippen LogP contribution in [-0.4, -0.2) is 40.6 Å². The fraction of sp³-hybridized carbons (Fsp3) is 0.846. The molecule has 0 spiro atoms. The predicted molar refractivity (Wildman–Crippen MR) is 69.4 cm³/mol. The normalized spacial score (nSPS) is 25.3. The summed E-state index contributed by atoms with van der Waals surface area (Å²) in [5, 5.41) is 11.7. The number of likely N-dealkylation sites (tertiary alicyclic amines) is 1. The Morgan fingerprint density at radius 3 is 2.39 bits per heavy atom. The topological polar surface area (TPSA) is 69.6 Å². The van der Waals surface area contributed by atoms with Crippen LogP contribution in [0.3, 0.4) is 0 Å². The van der Waals surface area contributed by atoms with Crippen molar-refractivity contribution >= 4 is 12.0 Å². The van der Waals surface area contributed by atoms with Crippen LogP contribution in [0.25, 0.3) is 0 Å². The van der Waals surface area contributed by atoms with Gasteiger partial charge in [0.2, 0.25) is 0 Å². The zero-order valence-electron chi connectivity index (χ0n) is 11.6. The smallest absolute Gasteiger partial charge is 0.326 e. The van der Waals surface area contributed by atoms with Gasteiger partial charge in [-0.2, -0.15) is 0 Å². The van der Waals surface area contributed by atoms with E-state index in [1.807, 2.05) is 20.8 Å². The van der Waals surface area contributed by atoms with Gasteiger partial charge in [-0.15, -0.1) is 0 Å². The van der Waals surface area contributed by atoms with Crippen LogP contribution in [0, 0.1) is 11.8 Å². The van der Waals surface area contributed by atoms with E-state index in [-0.39, 0.29) is 18.0 Å². The van der Waals surface area contributed by atoms with Crippen LogP contribution in [0.15, 0.2) is 0 Å². The van der Waals surface area contributed by atoms with E-state index in [1.165, 1.54) is 0 Å². The number of hydrogen-bond acceptors (Lipinski definition) is 2. The molecule has 104 valence electrons. The van der Waals surface area contributed by atoms with Gasteiger partial charge in [0, 0.05) is 12.6 Å². The zero-order chi connectivity index (χ0) is 13.9. The number of nitrogens with zero attached hydrogens (tertiary/aromatic N) is 1. The van der Waals surface area contributed by atoms with Gasteiger partial charge >= 0.3 is 12.0 Å². The predicted octanol–water partition coefficient (Wildman–Crippen LogP) is 1.93. The Kier molecular flexibility index (Phi) is 4.99. The molecule has 0 radical (unpaired) electrons. The molecule has 2 N–H and O–H groups in total. The average Bonchev–Trinajstić information content (AvgIpc) is 2.56. The van der Waals surface area contributed by atoms with Gasteiger partial charge in [0.1, 0.15) is 6.04 Å². The maximum Gasteiger partial charge on any atom is 0.326 e. The highest BCUT2D eigenvalue weighted by Crippen LogP contribution is 2.22. The summed E-state index contributed by atoms with van der Waals surface area (Å²) in [6.07, 6.45) is 1.44. The summed E-state index contributed by atoms with van der Waals surface area (Å²) in [7, 11) is 0. The van der Waals surface area contributed by atoms with Gasteiger partial charge in [0.25, 0.3) is 0 Å². The standard InChI is InChI=1S/C13H24N2O3/c1-8(2)5-11(12(16)17)14-13(18)15-7-9(3)6-10(15)4/h8-11H,5-7H2,1-4H3,(H,14,18)(H,16,17). The number of urea groups is 1. The van der Waals surface area contributed by atoms with Crippen molar-refractivity contribution in [2.75, 3.05) is 6.54 Å². The number of rotatable bonds is 4. The van der Waals surface area contributed by atoms with Crippen molar-refractivity contribution in [2.24, 2.45) is 11.8 Å². The molecule has 0 bridgehead atoms. The first-order chi connectivity index (χ1) is 8.31. The summed E-state index contributed by atoms with van der Waals surface area (Å²) in [6, 6.07) is -0.853. The van der Waals surface area contributed by atoms with Gasteiger partial charge < -0.3 is 15.3 Å². The lowest BCUT2D eigenvalue weighted by molar-refractivity contribution is -0.139. The lowest BCUT2D eigenvalue weighted by atomic mass is 10.0. The van der Waals surface area contributed by atoms with Crippen molar-refractivity contribution in [3.8, 4) is 0 Å². The van der Waals surface area contributed by atoms with Gasteiger partial charge in [-0.25, -0.2) is 9.59 Å². The summed E-state index contributed by atoms with van der Waals surface area (Å²) < 4.78 is 0. The molecule has 1 fully saturated rings. The largest absolute Gasteiger partial charge is 0.480 e. The van der Waals surface area contributed by atoms with Gasteiger partial charge in [-0.3, -0.25) is 0 Å². The van der Waals surface area contributed by atoms with E-state index in [0.29, 0.717) is 18.9 Å². The molecule has 3 unspecified atom stereocenters. The van der Waals surface area contributed by atoms with Crippen LogP contribution in [0.1, 0.15) is 40.5 Å². The van der Waals surface area contributed by atoms with Gasteiger partial charge in [0.15, 0.2) is 0 Å². The molecular formula is C13H24N2O3. The van der Waals surface area contributed by atoms with Crippen molar-refractivity contribution in [2.45, 2.75) is 52.6 Å². The van der Waals surface area contributed by atoms with E-state index in [4.69, 9.17) is 5.11 Å². The van der Waals surface area contributed by atoms with Crippen molar-refractivity contribution < 1.29 is 14.7 Å². The number of carboxylic acid groups (broad SMARTS) is 1. The third-order valence-electron chi connectivity index (χ3n) is 3.35. The first kappa shape index (κ1) is 14.8. The highest BCUT2D eigenvalue weighted by Gasteiger charge is 2.32. The molecule has 2 amide bonds. The van der Waals surface area contributed by atoms with Crippen molar-refractivity contribution in [3.63, 3.8) is 0 Å². The monoisotopic (exact) mass is 256 g/mol. The Bertz CT molecular complexity index is 317. The molecule has 1 saturated heterocycles. The molecule has 5 heteroatoms. The van der Waals surface area contributed by atoms with Crippen LogP contribution >= 0.6 is 0 Å². The number of carbonyl (C=O) groups excluding carboxylic acids is 1. The molecule has 3 atom stereocenters. The zero-order valence-corrected chi connectivity index (χ0v) is 11.6. The Balaban J connectivity index is 2.58. The number of hydrogen-bond donors (Lipinski definition) is 2. The molecule has 1 aliphatic heterocycles.